The van der Waals surface area contributed by atoms with E-state index in [1.165, 1.54) is 10.9 Å². The first kappa shape index (κ1) is 27.5. The first-order chi connectivity index (χ1) is 14.7. The van der Waals surface area contributed by atoms with E-state index in [-0.39, 0.29) is 25.8 Å². The fourth-order valence-electron chi connectivity index (χ4n) is 3.25. The van der Waals surface area contributed by atoms with E-state index in [0.29, 0.717) is 12.1 Å². The van der Waals surface area contributed by atoms with Gasteiger partial charge in [-0.15, -0.1) is 5.10 Å². The Morgan fingerprint density at radius 1 is 1.19 bits per heavy atom. The second-order valence-corrected chi connectivity index (χ2v) is 8.96. The fraction of sp³-hybridized carbons (Fsp3) is 0.824. The van der Waals surface area contributed by atoms with Crippen LogP contribution in [-0.2, 0) is 34.4 Å². The molecule has 13 nitrogen and oxygen atoms in total. The molecule has 6 atom stereocenters. The first-order valence-corrected chi connectivity index (χ1v) is 11.4. The van der Waals surface area contributed by atoms with Gasteiger partial charge >= 0.3 is 13.7 Å². The van der Waals surface area contributed by atoms with E-state index >= 15 is 0 Å². The van der Waals surface area contributed by atoms with Crippen molar-refractivity contribution in [2.45, 2.75) is 69.9 Å². The lowest BCUT2D eigenvalue weighted by Crippen LogP contribution is -2.56. The maximum atomic E-state index is 13.0. The van der Waals surface area contributed by atoms with Crippen LogP contribution < -0.4 is 0 Å². The average molecular weight is 467 g/mol. The van der Waals surface area contributed by atoms with E-state index in [1.807, 2.05) is 6.92 Å². The van der Waals surface area contributed by atoms with E-state index in [0.717, 1.165) is 0 Å². The van der Waals surface area contributed by atoms with Crippen molar-refractivity contribution < 1.29 is 48.4 Å². The molecule has 0 aromatic carbocycles. The largest absolute Gasteiger partial charge is 0.394 e. The molecule has 178 valence electrons. The van der Waals surface area contributed by atoms with Gasteiger partial charge in [0.1, 0.15) is 24.4 Å². The summed E-state index contributed by atoms with van der Waals surface area (Å²) in [6.07, 6.45) is -2.89. The average Bonchev–Trinajstić information content (AvgIpc) is 3.18. The van der Waals surface area contributed by atoms with E-state index in [2.05, 4.69) is 10.3 Å². The summed E-state index contributed by atoms with van der Waals surface area (Å²) in [5, 5.41) is 47.5. The summed E-state index contributed by atoms with van der Waals surface area (Å²) in [5.74, 6) is 0. The van der Waals surface area contributed by atoms with E-state index in [9.17, 15) is 19.9 Å². The van der Waals surface area contributed by atoms with Crippen LogP contribution in [0.5, 0.6) is 0 Å². The van der Waals surface area contributed by atoms with Crippen LogP contribution in [0, 0.1) is 0 Å². The minimum Gasteiger partial charge on any atom is -0.394 e. The number of nitrogens with zero attached hydrogens (tertiary/aromatic N) is 3. The van der Waals surface area contributed by atoms with Crippen molar-refractivity contribution in [3.63, 3.8) is 0 Å². The highest BCUT2D eigenvalue weighted by Crippen LogP contribution is 2.55. The Kier molecular flexibility index (Phi) is 11.6. The highest BCUT2D eigenvalue weighted by atomic mass is 31.2. The second kappa shape index (κ2) is 13.1. The molecule has 1 fully saturated rings. The van der Waals surface area contributed by atoms with Gasteiger partial charge in [-0.1, -0.05) is 12.1 Å². The SMILES string of the molecule is CCOP(=O)(OCC)C(CC)Cc1cn([C@H]2C(O)O[C@H](CO)[C@@H](O)[C@@H]2O)nn1.O=C=O. The van der Waals surface area contributed by atoms with Gasteiger partial charge in [-0.05, 0) is 20.3 Å². The number of aromatic nitrogens is 3. The second-order valence-electron chi connectivity index (χ2n) is 6.63. The molecule has 0 amide bonds. The standard InChI is InChI=1S/C16H30N3O8P.CO2/c1-4-11(28(24,25-5-2)26-6-3)7-10-8-19(18-17-10)13-15(22)14(21)12(9-20)27-16(13)23;2-1-3/h8,11-16,20-23H,4-7,9H2,1-3H3;/t11?,12-,13-,14-,15-,16?;/m1./s1. The third-order valence-electron chi connectivity index (χ3n) is 4.71. The first-order valence-electron chi connectivity index (χ1n) is 9.82. The van der Waals surface area contributed by atoms with Crippen LogP contribution in [0.4, 0.5) is 0 Å². The van der Waals surface area contributed by atoms with Crippen LogP contribution >= 0.6 is 7.60 Å². The Hall–Kier alpha value is -1.53. The Labute approximate surface area is 179 Å². The predicted molar refractivity (Wildman–Crippen MR) is 103 cm³/mol. The number of aliphatic hydroxyl groups excluding tert-OH is 4. The summed E-state index contributed by atoms with van der Waals surface area (Å²) in [6, 6.07) is -1.11. The summed E-state index contributed by atoms with van der Waals surface area (Å²) in [4.78, 5) is 16.2. The maximum Gasteiger partial charge on any atom is 0.373 e. The molecule has 0 aliphatic carbocycles. The van der Waals surface area contributed by atoms with E-state index < -0.39 is 50.5 Å². The summed E-state index contributed by atoms with van der Waals surface area (Å²) in [5.41, 5.74) is 0.0315. The lowest BCUT2D eigenvalue weighted by molar-refractivity contribution is -0.265. The molecule has 4 N–H and O–H groups in total. The highest BCUT2D eigenvalue weighted by molar-refractivity contribution is 7.54. The molecule has 0 radical (unpaired) electrons. The summed E-state index contributed by atoms with van der Waals surface area (Å²) >= 11 is 0. The zero-order valence-electron chi connectivity index (χ0n) is 17.6. The van der Waals surface area contributed by atoms with Crippen LogP contribution in [-0.4, -0.2) is 91.7 Å². The van der Waals surface area contributed by atoms with Gasteiger partial charge in [0.25, 0.3) is 0 Å². The van der Waals surface area contributed by atoms with Crippen molar-refractivity contribution in [3.8, 4) is 0 Å². The Morgan fingerprint density at radius 2 is 1.77 bits per heavy atom. The molecule has 2 unspecified atom stereocenters. The summed E-state index contributed by atoms with van der Waals surface area (Å²) in [7, 11) is -3.33. The van der Waals surface area contributed by atoms with Gasteiger partial charge in [-0.3, -0.25) is 4.57 Å². The van der Waals surface area contributed by atoms with Gasteiger partial charge in [-0.2, -0.15) is 9.59 Å². The number of carbonyl (C=O) groups excluding carboxylic acids is 2. The Balaban J connectivity index is 0.00000151. The minimum absolute atomic E-state index is 0.250. The van der Waals surface area contributed by atoms with Crippen LogP contribution in [0.25, 0.3) is 0 Å². The number of hydrogen-bond donors (Lipinski definition) is 4. The summed E-state index contributed by atoms with van der Waals surface area (Å²) < 4.78 is 30.2. The molecule has 2 heterocycles. The van der Waals surface area contributed by atoms with Crippen LogP contribution in [0.15, 0.2) is 6.20 Å². The normalized spacial score (nSPS) is 27.1. The molecule has 1 aromatic heterocycles. The molecule has 1 aromatic rings. The van der Waals surface area contributed by atoms with Crippen molar-refractivity contribution in [1.29, 1.82) is 0 Å². The van der Waals surface area contributed by atoms with Gasteiger partial charge in [0.2, 0.25) is 0 Å². The molecule has 0 spiro atoms. The van der Waals surface area contributed by atoms with Gasteiger partial charge in [-0.25, -0.2) is 4.68 Å². The van der Waals surface area contributed by atoms with E-state index in [1.54, 1.807) is 13.8 Å². The topological polar surface area (TPSA) is 191 Å². The molecule has 2 rings (SSSR count). The monoisotopic (exact) mass is 467 g/mol. The zero-order valence-corrected chi connectivity index (χ0v) is 18.5. The van der Waals surface area contributed by atoms with Gasteiger partial charge in [0.05, 0.1) is 31.2 Å². The fourth-order valence-corrected chi connectivity index (χ4v) is 5.32. The smallest absolute Gasteiger partial charge is 0.373 e. The quantitative estimate of drug-likeness (QED) is 0.316. The Morgan fingerprint density at radius 3 is 2.26 bits per heavy atom. The van der Waals surface area contributed by atoms with Crippen molar-refractivity contribution >= 4 is 13.7 Å². The molecule has 1 saturated heterocycles. The molecule has 1 aliphatic heterocycles. The third kappa shape index (κ3) is 6.98. The van der Waals surface area contributed by atoms with Crippen molar-refractivity contribution in [3.05, 3.63) is 11.9 Å². The number of ether oxygens (including phenoxy) is 1. The van der Waals surface area contributed by atoms with E-state index in [4.69, 9.17) is 28.5 Å². The van der Waals surface area contributed by atoms with Crippen molar-refractivity contribution in [1.82, 2.24) is 15.0 Å². The zero-order chi connectivity index (χ0) is 23.6. The Bertz CT molecular complexity index is 731. The highest BCUT2D eigenvalue weighted by Gasteiger charge is 2.45. The molecule has 14 heteroatoms. The molecule has 31 heavy (non-hydrogen) atoms. The number of aliphatic hydroxyl groups is 4. The molecular weight excluding hydrogens is 437 g/mol. The van der Waals surface area contributed by atoms with Gasteiger partial charge < -0.3 is 34.2 Å². The third-order valence-corrected chi connectivity index (χ3v) is 7.39. The van der Waals surface area contributed by atoms with Crippen LogP contribution in [0.3, 0.4) is 0 Å². The maximum absolute atomic E-state index is 13.0. The lowest BCUT2D eigenvalue weighted by Gasteiger charge is -2.39. The summed E-state index contributed by atoms with van der Waals surface area (Å²) in [6.45, 7) is 5.31. The van der Waals surface area contributed by atoms with Crippen LogP contribution in [0.2, 0.25) is 0 Å². The number of rotatable bonds is 10. The van der Waals surface area contributed by atoms with Gasteiger partial charge in [0, 0.05) is 12.6 Å². The van der Waals surface area contributed by atoms with Crippen molar-refractivity contribution in [2.24, 2.45) is 0 Å². The van der Waals surface area contributed by atoms with Crippen molar-refractivity contribution in [2.75, 3.05) is 19.8 Å². The molecule has 1 aliphatic rings. The minimum atomic E-state index is -3.33. The molecule has 0 bridgehead atoms. The predicted octanol–water partition coefficient (Wildman–Crippen LogP) is -0.746. The number of hydrogen-bond acceptors (Lipinski definition) is 12. The van der Waals surface area contributed by atoms with Crippen LogP contribution in [0.1, 0.15) is 38.9 Å². The lowest BCUT2D eigenvalue weighted by atomic mass is 9.97. The molecule has 0 saturated carbocycles. The van der Waals surface area contributed by atoms with Gasteiger partial charge in [0.15, 0.2) is 6.29 Å². The molecular formula is C17H30N3O10P.